The molecule has 1 aromatic rings. The first kappa shape index (κ1) is 13.4. The van der Waals surface area contributed by atoms with Gasteiger partial charge in [-0.25, -0.2) is 0 Å². The number of amides is 1. The summed E-state index contributed by atoms with van der Waals surface area (Å²) in [6.07, 6.45) is 3.63. The van der Waals surface area contributed by atoms with E-state index < -0.39 is 0 Å². The monoisotopic (exact) mass is 291 g/mol. The van der Waals surface area contributed by atoms with E-state index in [1.54, 1.807) is 23.1 Å². The Kier molecular flexibility index (Phi) is 3.92. The lowest BCUT2D eigenvalue weighted by Crippen LogP contribution is -2.46. The lowest BCUT2D eigenvalue weighted by atomic mass is 10.1. The molecule has 1 fully saturated rings. The zero-order valence-electron chi connectivity index (χ0n) is 11.4. The van der Waals surface area contributed by atoms with Crippen LogP contribution in [0, 0.1) is 0 Å². The third kappa shape index (κ3) is 2.66. The fourth-order valence-electron chi connectivity index (χ4n) is 2.77. The molecule has 106 valence electrons. The third-order valence-electron chi connectivity index (χ3n) is 3.77. The minimum atomic E-state index is -0.00526. The fraction of sp³-hybridized carbons (Fsp3) is 0.467. The number of halogens is 1. The van der Waals surface area contributed by atoms with E-state index in [-0.39, 0.29) is 5.91 Å². The number of hydrogen-bond acceptors (Lipinski definition) is 3. The lowest BCUT2D eigenvalue weighted by Gasteiger charge is -2.32. The molecule has 0 N–H and O–H groups in total. The van der Waals surface area contributed by atoms with Crippen molar-refractivity contribution >= 4 is 23.5 Å². The van der Waals surface area contributed by atoms with E-state index in [2.05, 4.69) is 9.89 Å². The van der Waals surface area contributed by atoms with Crippen LogP contribution in [-0.4, -0.2) is 47.8 Å². The molecule has 4 nitrogen and oxygen atoms in total. The van der Waals surface area contributed by atoms with Gasteiger partial charge in [-0.05, 0) is 37.5 Å². The number of aliphatic imine (C=N–C) groups is 1. The average Bonchev–Trinajstić information content (AvgIpc) is 2.97. The second-order valence-electron chi connectivity index (χ2n) is 5.20. The molecule has 2 aliphatic heterocycles. The van der Waals surface area contributed by atoms with E-state index in [1.165, 1.54) is 19.3 Å². The Bertz CT molecular complexity index is 538. The summed E-state index contributed by atoms with van der Waals surface area (Å²) in [7, 11) is 0. The van der Waals surface area contributed by atoms with Crippen molar-refractivity contribution in [2.24, 2.45) is 4.99 Å². The SMILES string of the molecule is O=C(c1cccc(Cl)c1)N1CCN=C1N1CCCCC1. The first-order valence-corrected chi connectivity index (χ1v) is 7.50. The van der Waals surface area contributed by atoms with Crippen molar-refractivity contribution in [3.8, 4) is 0 Å². The highest BCUT2D eigenvalue weighted by Gasteiger charge is 2.29. The van der Waals surface area contributed by atoms with E-state index in [1.807, 2.05) is 6.07 Å². The number of nitrogens with zero attached hydrogens (tertiary/aromatic N) is 3. The first-order chi connectivity index (χ1) is 9.75. The second-order valence-corrected chi connectivity index (χ2v) is 5.63. The number of likely N-dealkylation sites (tertiary alicyclic amines) is 1. The Morgan fingerprint density at radius 1 is 1.15 bits per heavy atom. The van der Waals surface area contributed by atoms with Gasteiger partial charge in [0.15, 0.2) is 0 Å². The van der Waals surface area contributed by atoms with Crippen LogP contribution in [0.1, 0.15) is 29.6 Å². The van der Waals surface area contributed by atoms with E-state index in [4.69, 9.17) is 11.6 Å². The Morgan fingerprint density at radius 2 is 1.95 bits per heavy atom. The Labute approximate surface area is 124 Å². The number of benzene rings is 1. The highest BCUT2D eigenvalue weighted by atomic mass is 35.5. The van der Waals surface area contributed by atoms with E-state index in [0.29, 0.717) is 23.7 Å². The molecule has 0 bridgehead atoms. The topological polar surface area (TPSA) is 35.9 Å². The van der Waals surface area contributed by atoms with Gasteiger partial charge in [-0.2, -0.15) is 0 Å². The molecule has 3 rings (SSSR count). The van der Waals surface area contributed by atoms with Crippen LogP contribution >= 0.6 is 11.6 Å². The summed E-state index contributed by atoms with van der Waals surface area (Å²) in [5.74, 6) is 0.837. The normalized spacial score (nSPS) is 19.1. The molecule has 1 aromatic carbocycles. The van der Waals surface area contributed by atoms with Crippen LogP contribution in [0.3, 0.4) is 0 Å². The van der Waals surface area contributed by atoms with Crippen molar-refractivity contribution in [1.29, 1.82) is 0 Å². The zero-order chi connectivity index (χ0) is 13.9. The molecule has 0 radical (unpaired) electrons. The van der Waals surface area contributed by atoms with Gasteiger partial charge in [-0.15, -0.1) is 0 Å². The molecule has 5 heteroatoms. The average molecular weight is 292 g/mol. The molecule has 1 amide bonds. The predicted molar refractivity (Wildman–Crippen MR) is 80.2 cm³/mol. The third-order valence-corrected chi connectivity index (χ3v) is 4.01. The smallest absolute Gasteiger partial charge is 0.260 e. The van der Waals surface area contributed by atoms with Crippen LogP contribution in [0.5, 0.6) is 0 Å². The van der Waals surface area contributed by atoms with Crippen molar-refractivity contribution in [2.45, 2.75) is 19.3 Å². The predicted octanol–water partition coefficient (Wildman–Crippen LogP) is 2.64. The molecule has 0 aromatic heterocycles. The summed E-state index contributed by atoms with van der Waals surface area (Å²) in [5.41, 5.74) is 0.629. The molecule has 0 spiro atoms. The van der Waals surface area contributed by atoms with Crippen molar-refractivity contribution in [3.05, 3.63) is 34.9 Å². The summed E-state index contributed by atoms with van der Waals surface area (Å²) < 4.78 is 0. The van der Waals surface area contributed by atoms with Crippen LogP contribution in [0.25, 0.3) is 0 Å². The van der Waals surface area contributed by atoms with E-state index in [9.17, 15) is 4.79 Å². The molecule has 2 heterocycles. The molecule has 20 heavy (non-hydrogen) atoms. The molecule has 0 aliphatic carbocycles. The number of rotatable bonds is 1. The Balaban J connectivity index is 1.79. The molecule has 1 saturated heterocycles. The number of carbonyl (C=O) groups is 1. The quantitative estimate of drug-likeness (QED) is 0.797. The number of guanidine groups is 1. The van der Waals surface area contributed by atoms with Crippen LogP contribution in [-0.2, 0) is 0 Å². The van der Waals surface area contributed by atoms with Crippen LogP contribution in [0.2, 0.25) is 5.02 Å². The van der Waals surface area contributed by atoms with Crippen LogP contribution in [0.15, 0.2) is 29.3 Å². The largest absolute Gasteiger partial charge is 0.342 e. The number of hydrogen-bond donors (Lipinski definition) is 0. The fourth-order valence-corrected chi connectivity index (χ4v) is 2.96. The van der Waals surface area contributed by atoms with Crippen LogP contribution in [0.4, 0.5) is 0 Å². The van der Waals surface area contributed by atoms with E-state index >= 15 is 0 Å². The summed E-state index contributed by atoms with van der Waals surface area (Å²) in [6.45, 7) is 3.35. The maximum atomic E-state index is 12.6. The summed E-state index contributed by atoms with van der Waals surface area (Å²) in [5, 5.41) is 0.589. The van der Waals surface area contributed by atoms with Crippen molar-refractivity contribution in [2.75, 3.05) is 26.2 Å². The van der Waals surface area contributed by atoms with E-state index in [0.717, 1.165) is 19.0 Å². The lowest BCUT2D eigenvalue weighted by molar-refractivity contribution is 0.0841. The number of carbonyl (C=O) groups excluding carboxylic acids is 1. The van der Waals surface area contributed by atoms with Crippen LogP contribution < -0.4 is 0 Å². The maximum Gasteiger partial charge on any atom is 0.260 e. The highest BCUT2D eigenvalue weighted by Crippen LogP contribution is 2.18. The first-order valence-electron chi connectivity index (χ1n) is 7.12. The van der Waals surface area contributed by atoms with Gasteiger partial charge in [0.1, 0.15) is 0 Å². The van der Waals surface area contributed by atoms with Gasteiger partial charge >= 0.3 is 0 Å². The van der Waals surface area contributed by atoms with Gasteiger partial charge in [-0.1, -0.05) is 17.7 Å². The van der Waals surface area contributed by atoms with Gasteiger partial charge < -0.3 is 4.90 Å². The summed E-state index contributed by atoms with van der Waals surface area (Å²) in [4.78, 5) is 21.2. The Morgan fingerprint density at radius 3 is 2.70 bits per heavy atom. The second kappa shape index (κ2) is 5.83. The standard InChI is InChI=1S/C15H18ClN3O/c16-13-6-4-5-12(11-13)14(20)19-10-7-17-15(19)18-8-2-1-3-9-18/h4-6,11H,1-3,7-10H2. The zero-order valence-corrected chi connectivity index (χ0v) is 12.1. The van der Waals surface area contributed by atoms with Gasteiger partial charge in [0, 0.05) is 30.2 Å². The summed E-state index contributed by atoms with van der Waals surface area (Å²) in [6, 6.07) is 7.11. The van der Waals surface area contributed by atoms with Gasteiger partial charge in [0.25, 0.3) is 5.91 Å². The van der Waals surface area contributed by atoms with Crippen molar-refractivity contribution < 1.29 is 4.79 Å². The molecule has 0 saturated carbocycles. The summed E-state index contributed by atoms with van der Waals surface area (Å²) >= 11 is 5.97. The molecular formula is C15H18ClN3O. The van der Waals surface area contributed by atoms with Crippen molar-refractivity contribution in [3.63, 3.8) is 0 Å². The van der Waals surface area contributed by atoms with Gasteiger partial charge in [0.05, 0.1) is 6.54 Å². The number of piperidine rings is 1. The van der Waals surface area contributed by atoms with Crippen molar-refractivity contribution in [1.82, 2.24) is 9.80 Å². The maximum absolute atomic E-state index is 12.6. The molecule has 2 aliphatic rings. The van der Waals surface area contributed by atoms with Gasteiger partial charge in [0.2, 0.25) is 5.96 Å². The molecular weight excluding hydrogens is 274 g/mol. The molecule has 0 unspecified atom stereocenters. The minimum absolute atomic E-state index is 0.00526. The molecule has 0 atom stereocenters. The highest BCUT2D eigenvalue weighted by molar-refractivity contribution is 6.31. The van der Waals surface area contributed by atoms with Gasteiger partial charge in [-0.3, -0.25) is 14.7 Å². The Hall–Kier alpha value is -1.55. The minimum Gasteiger partial charge on any atom is -0.342 e.